The first-order valence-corrected chi connectivity index (χ1v) is 6.02. The van der Waals surface area contributed by atoms with E-state index in [-0.39, 0.29) is 6.03 Å². The quantitative estimate of drug-likeness (QED) is 0.729. The number of hydrazine groups is 1. The van der Waals surface area contributed by atoms with E-state index in [0.29, 0.717) is 18.1 Å². The molecule has 2 atom stereocenters. The van der Waals surface area contributed by atoms with Gasteiger partial charge in [-0.1, -0.05) is 6.42 Å². The maximum atomic E-state index is 11.6. The van der Waals surface area contributed by atoms with Gasteiger partial charge in [-0.15, -0.1) is 0 Å². The average Bonchev–Trinajstić information content (AvgIpc) is 2.95. The Bertz CT molecular complexity index is 230. The van der Waals surface area contributed by atoms with Gasteiger partial charge in [0, 0.05) is 18.1 Å². The highest BCUT2D eigenvalue weighted by atomic mass is 16.2. The predicted molar refractivity (Wildman–Crippen MR) is 59.3 cm³/mol. The first kappa shape index (κ1) is 10.7. The van der Waals surface area contributed by atoms with E-state index in [9.17, 15) is 4.79 Å². The highest BCUT2D eigenvalue weighted by molar-refractivity contribution is 5.74. The van der Waals surface area contributed by atoms with Gasteiger partial charge in [-0.05, 0) is 39.5 Å². The number of piperidine rings is 1. The van der Waals surface area contributed by atoms with E-state index in [0.717, 1.165) is 12.8 Å². The lowest BCUT2D eigenvalue weighted by atomic mass is 10.00. The van der Waals surface area contributed by atoms with E-state index in [2.05, 4.69) is 29.6 Å². The number of nitrogens with zero attached hydrogens (tertiary/aromatic N) is 1. The Balaban J connectivity index is 1.81. The molecular formula is C11H21N3O. The molecule has 1 aliphatic heterocycles. The van der Waals surface area contributed by atoms with Crippen LogP contribution in [0, 0.1) is 0 Å². The largest absolute Gasteiger partial charge is 0.334 e. The number of carbonyl (C=O) groups is 1. The fourth-order valence-electron chi connectivity index (χ4n) is 2.20. The van der Waals surface area contributed by atoms with E-state index >= 15 is 0 Å². The molecule has 1 aliphatic carbocycles. The minimum absolute atomic E-state index is 0.0295. The number of urea groups is 1. The summed E-state index contributed by atoms with van der Waals surface area (Å²) in [6.45, 7) is 4.35. The predicted octanol–water partition coefficient (Wildman–Crippen LogP) is 1.63. The van der Waals surface area contributed by atoms with Crippen molar-refractivity contribution in [3.05, 3.63) is 0 Å². The van der Waals surface area contributed by atoms with Crippen molar-refractivity contribution < 1.29 is 4.79 Å². The van der Waals surface area contributed by atoms with Gasteiger partial charge < -0.3 is 5.32 Å². The second kappa shape index (κ2) is 4.39. The summed E-state index contributed by atoms with van der Waals surface area (Å²) in [5.41, 5.74) is 2.97. The van der Waals surface area contributed by atoms with Crippen molar-refractivity contribution in [1.82, 2.24) is 15.8 Å². The highest BCUT2D eigenvalue weighted by Gasteiger charge is 2.28. The molecule has 2 amide bonds. The lowest BCUT2D eigenvalue weighted by Gasteiger charge is -2.38. The molecule has 1 saturated carbocycles. The summed E-state index contributed by atoms with van der Waals surface area (Å²) in [6, 6.07) is 1.32. The summed E-state index contributed by atoms with van der Waals surface area (Å²) >= 11 is 0. The summed E-state index contributed by atoms with van der Waals surface area (Å²) < 4.78 is 0. The molecule has 2 rings (SSSR count). The van der Waals surface area contributed by atoms with Gasteiger partial charge in [0.15, 0.2) is 0 Å². The van der Waals surface area contributed by atoms with Crippen molar-refractivity contribution in [2.24, 2.45) is 0 Å². The minimum Gasteiger partial charge on any atom is -0.334 e. The highest BCUT2D eigenvalue weighted by Crippen LogP contribution is 2.21. The molecule has 4 nitrogen and oxygen atoms in total. The van der Waals surface area contributed by atoms with Crippen LogP contribution in [0.4, 0.5) is 4.79 Å². The van der Waals surface area contributed by atoms with Gasteiger partial charge in [0.2, 0.25) is 0 Å². The first-order valence-electron chi connectivity index (χ1n) is 6.02. The molecule has 4 heteroatoms. The van der Waals surface area contributed by atoms with Crippen molar-refractivity contribution in [2.45, 2.75) is 64.1 Å². The molecular weight excluding hydrogens is 190 g/mol. The number of rotatable bonds is 2. The monoisotopic (exact) mass is 211 g/mol. The van der Waals surface area contributed by atoms with Crippen LogP contribution in [0.5, 0.6) is 0 Å². The smallest absolute Gasteiger partial charge is 0.329 e. The summed E-state index contributed by atoms with van der Waals surface area (Å²) in [4.78, 5) is 11.6. The molecule has 86 valence electrons. The topological polar surface area (TPSA) is 44.4 Å². The molecule has 0 spiro atoms. The zero-order valence-electron chi connectivity index (χ0n) is 9.62. The molecule has 0 aromatic heterocycles. The SMILES string of the molecule is CC1CCCC(C)N1NC(=O)NC1CC1. The zero-order chi connectivity index (χ0) is 10.8. The van der Waals surface area contributed by atoms with E-state index in [4.69, 9.17) is 0 Å². The van der Waals surface area contributed by atoms with E-state index in [1.807, 2.05) is 0 Å². The molecule has 2 fully saturated rings. The van der Waals surface area contributed by atoms with Crippen LogP contribution < -0.4 is 10.7 Å². The molecule has 1 heterocycles. The molecule has 15 heavy (non-hydrogen) atoms. The number of carbonyl (C=O) groups excluding carboxylic acids is 1. The normalized spacial score (nSPS) is 32.4. The summed E-state index contributed by atoms with van der Waals surface area (Å²) in [6.07, 6.45) is 5.89. The van der Waals surface area contributed by atoms with Gasteiger partial charge in [-0.2, -0.15) is 0 Å². The summed E-state index contributed by atoms with van der Waals surface area (Å²) in [5.74, 6) is 0. The van der Waals surface area contributed by atoms with Gasteiger partial charge in [0.05, 0.1) is 0 Å². The number of nitrogens with one attached hydrogen (secondary N) is 2. The third-order valence-electron chi connectivity index (χ3n) is 3.34. The zero-order valence-corrected chi connectivity index (χ0v) is 9.62. The third kappa shape index (κ3) is 2.84. The minimum atomic E-state index is -0.0295. The Kier molecular flexibility index (Phi) is 3.14. The molecule has 1 saturated heterocycles. The van der Waals surface area contributed by atoms with Crippen molar-refractivity contribution in [3.63, 3.8) is 0 Å². The second-order valence-corrected chi connectivity index (χ2v) is 4.90. The van der Waals surface area contributed by atoms with E-state index < -0.39 is 0 Å². The van der Waals surface area contributed by atoms with Crippen molar-refractivity contribution >= 4 is 6.03 Å². The fraction of sp³-hybridized carbons (Fsp3) is 0.909. The lowest BCUT2D eigenvalue weighted by Crippen LogP contribution is -2.56. The second-order valence-electron chi connectivity index (χ2n) is 4.90. The van der Waals surface area contributed by atoms with Gasteiger partial charge in [0.25, 0.3) is 0 Å². The fourth-order valence-corrected chi connectivity index (χ4v) is 2.20. The van der Waals surface area contributed by atoms with E-state index in [1.165, 1.54) is 19.3 Å². The molecule has 0 aromatic rings. The van der Waals surface area contributed by atoms with Gasteiger partial charge in [-0.3, -0.25) is 5.43 Å². The van der Waals surface area contributed by atoms with Crippen LogP contribution in [0.15, 0.2) is 0 Å². The molecule has 2 unspecified atom stereocenters. The van der Waals surface area contributed by atoms with Crippen LogP contribution in [-0.4, -0.2) is 29.2 Å². The number of hydrogen-bond donors (Lipinski definition) is 2. The lowest BCUT2D eigenvalue weighted by molar-refractivity contribution is 0.0594. The van der Waals surface area contributed by atoms with Crippen molar-refractivity contribution in [3.8, 4) is 0 Å². The van der Waals surface area contributed by atoms with E-state index in [1.54, 1.807) is 0 Å². The van der Waals surface area contributed by atoms with Crippen molar-refractivity contribution in [1.29, 1.82) is 0 Å². The van der Waals surface area contributed by atoms with Gasteiger partial charge in [0.1, 0.15) is 0 Å². The molecule has 2 N–H and O–H groups in total. The number of hydrogen-bond acceptors (Lipinski definition) is 2. The van der Waals surface area contributed by atoms with Crippen LogP contribution in [0.3, 0.4) is 0 Å². The molecule has 0 aromatic carbocycles. The Morgan fingerprint density at radius 3 is 2.27 bits per heavy atom. The average molecular weight is 211 g/mol. The first-order chi connectivity index (χ1) is 7.16. The maximum Gasteiger partial charge on any atom is 0.329 e. The molecule has 0 bridgehead atoms. The van der Waals surface area contributed by atoms with Crippen LogP contribution in [0.1, 0.15) is 46.0 Å². The van der Waals surface area contributed by atoms with Crippen LogP contribution in [-0.2, 0) is 0 Å². The van der Waals surface area contributed by atoms with Gasteiger partial charge in [-0.25, -0.2) is 9.80 Å². The van der Waals surface area contributed by atoms with Crippen LogP contribution >= 0.6 is 0 Å². The molecule has 2 aliphatic rings. The number of amides is 2. The standard InChI is InChI=1S/C11H21N3O/c1-8-4-3-5-9(2)14(8)13-11(15)12-10-6-7-10/h8-10H,3-7H2,1-2H3,(H2,12,13,15). The molecule has 0 radical (unpaired) electrons. The van der Waals surface area contributed by atoms with Crippen LogP contribution in [0.25, 0.3) is 0 Å². The Morgan fingerprint density at radius 1 is 1.13 bits per heavy atom. The Morgan fingerprint density at radius 2 is 1.73 bits per heavy atom. The maximum absolute atomic E-state index is 11.6. The summed E-state index contributed by atoms with van der Waals surface area (Å²) in [5, 5.41) is 5.05. The van der Waals surface area contributed by atoms with Crippen LogP contribution in [0.2, 0.25) is 0 Å². The van der Waals surface area contributed by atoms with Gasteiger partial charge >= 0.3 is 6.03 Å². The Labute approximate surface area is 91.4 Å². The third-order valence-corrected chi connectivity index (χ3v) is 3.34. The Hall–Kier alpha value is -0.770. The summed E-state index contributed by atoms with van der Waals surface area (Å²) in [7, 11) is 0. The van der Waals surface area contributed by atoms with Crippen molar-refractivity contribution in [2.75, 3.05) is 0 Å².